The lowest BCUT2D eigenvalue weighted by Crippen LogP contribution is -2.46. The Morgan fingerprint density at radius 3 is 1.54 bits per heavy atom. The molecule has 2 atom stereocenters. The van der Waals surface area contributed by atoms with E-state index in [0.29, 0.717) is 72.5 Å². The Bertz CT molecular complexity index is 2530. The Labute approximate surface area is 412 Å². The number of amides is 4. The molecule has 0 radical (unpaired) electrons. The van der Waals surface area contributed by atoms with E-state index in [1.54, 1.807) is 56.1 Å². The number of piperidine rings is 2. The van der Waals surface area contributed by atoms with Gasteiger partial charge in [-0.2, -0.15) is 4.73 Å². The summed E-state index contributed by atoms with van der Waals surface area (Å²) in [5, 5.41) is 11.9. The normalized spacial score (nSPS) is 20.6. The lowest BCUT2D eigenvalue weighted by atomic mass is 9.89. The Morgan fingerprint density at radius 2 is 1.12 bits per heavy atom. The second-order valence-corrected chi connectivity index (χ2v) is 17.4. The lowest BCUT2D eigenvalue weighted by Gasteiger charge is -2.33. The predicted octanol–water partition coefficient (Wildman–Crippen LogP) is 5.81. The fraction of sp³-hybridized carbons (Fsp3) is 0.417. The SMILES string of the molecule is COc1cc(-c2cccc(C3(C)N=C(N)N(CC4CCN(C(C)=O)CC4)C3=O)c2)c[n+]([O-])c1.COc1cncc(-c2cccc(C3(C)N=C(N)N(CC4CCN(C(C)=O)CC4)C3=O)c2)c1.Cl.ClCl. The number of nitrogens with two attached hydrogens (primary N) is 2. The van der Waals surface area contributed by atoms with Gasteiger partial charge in [-0.1, -0.05) is 36.4 Å². The maximum atomic E-state index is 13.5. The monoisotopic (exact) mass is 992 g/mol. The van der Waals surface area contributed by atoms with Crippen LogP contribution in [0.4, 0.5) is 0 Å². The maximum Gasteiger partial charge on any atom is 0.261 e. The van der Waals surface area contributed by atoms with E-state index in [9.17, 15) is 24.4 Å². The van der Waals surface area contributed by atoms with Crippen LogP contribution in [0, 0.1) is 17.0 Å². The van der Waals surface area contributed by atoms with E-state index in [-0.39, 0.29) is 53.9 Å². The van der Waals surface area contributed by atoms with Crippen LogP contribution < -0.4 is 25.7 Å². The highest BCUT2D eigenvalue weighted by Crippen LogP contribution is 2.38. The van der Waals surface area contributed by atoms with Crippen molar-refractivity contribution < 1.29 is 33.4 Å². The third-order valence-corrected chi connectivity index (χ3v) is 13.1. The molecule has 2 unspecified atom stereocenters. The second-order valence-electron chi connectivity index (χ2n) is 17.4. The standard InChI is InChI=1S/C24H29N5O4.C24H29N5O3.Cl2.ClH/c1-16(30)27-9-7-17(8-10-27)13-29-22(31)24(2,26-23(29)25)20-6-4-5-18(11-20)19-12-21(33-3)15-28(32)14-19;1-16(30)28-9-7-17(8-10-28)15-29-22(31)24(2,27-23(29)25)20-6-4-5-18(11-20)19-12-21(32-3)14-26-13-19;1-2;/h4-6,11-12,14-15,17H,7-10,13H2,1-3H3,(H2,25,26);4-6,11-14,17H,7-10,15H2,1-3H3,(H2,25,27);;1H. The van der Waals surface area contributed by atoms with Crippen LogP contribution >= 0.6 is 34.1 Å². The molecule has 0 aliphatic carbocycles. The molecule has 2 fully saturated rings. The van der Waals surface area contributed by atoms with Gasteiger partial charge in [-0.05, 0) is 91.8 Å². The number of nitrogens with zero attached hydrogens (tertiary/aromatic N) is 8. The fourth-order valence-electron chi connectivity index (χ4n) is 9.00. The Hall–Kier alpha value is -6.17. The van der Waals surface area contributed by atoms with Gasteiger partial charge in [-0.15, -0.1) is 12.4 Å². The third-order valence-electron chi connectivity index (χ3n) is 13.1. The number of guanidine groups is 2. The van der Waals surface area contributed by atoms with Crippen LogP contribution in [0.5, 0.6) is 11.5 Å². The highest BCUT2D eigenvalue weighted by Gasteiger charge is 2.47. The first kappa shape index (κ1) is 52.8. The van der Waals surface area contributed by atoms with Crippen LogP contribution in [0.25, 0.3) is 22.3 Å². The molecule has 8 rings (SSSR count). The molecular weight excluding hydrogens is 935 g/mol. The van der Waals surface area contributed by atoms with Crippen molar-refractivity contribution in [3.8, 4) is 33.8 Å². The number of pyridine rings is 2. The summed E-state index contributed by atoms with van der Waals surface area (Å²) < 4.78 is 11.2. The summed E-state index contributed by atoms with van der Waals surface area (Å²) in [5.74, 6) is 2.01. The Kier molecular flexibility index (Phi) is 17.7. The van der Waals surface area contributed by atoms with Gasteiger partial charge in [-0.25, -0.2) is 9.98 Å². The fourth-order valence-corrected chi connectivity index (χ4v) is 9.00. The molecular formula is C48H59Cl3N10O7. The van der Waals surface area contributed by atoms with Crippen LogP contribution in [-0.4, -0.2) is 114 Å². The van der Waals surface area contributed by atoms with Crippen molar-refractivity contribution in [2.24, 2.45) is 33.3 Å². The van der Waals surface area contributed by atoms with Crippen molar-refractivity contribution >= 4 is 69.7 Å². The minimum Gasteiger partial charge on any atom is -0.619 e. The Balaban J connectivity index is 0.000000242. The highest BCUT2D eigenvalue weighted by molar-refractivity contribution is 6.85. The number of likely N-dealkylation sites (tertiary alicyclic amines) is 2. The van der Waals surface area contributed by atoms with E-state index in [1.165, 1.54) is 19.5 Å². The zero-order valence-corrected chi connectivity index (χ0v) is 41.4. The number of aliphatic imine (C=N–C) groups is 2. The molecule has 68 heavy (non-hydrogen) atoms. The zero-order valence-electron chi connectivity index (χ0n) is 39.1. The van der Waals surface area contributed by atoms with Gasteiger partial charge in [0.2, 0.25) is 18.0 Å². The average Bonchev–Trinajstić information content (AvgIpc) is 3.70. The van der Waals surface area contributed by atoms with Crippen molar-refractivity contribution in [3.05, 3.63) is 102 Å². The van der Waals surface area contributed by atoms with Gasteiger partial charge in [-0.3, -0.25) is 34.0 Å². The minimum atomic E-state index is -1.15. The number of hydrogen-bond acceptors (Lipinski definition) is 12. The van der Waals surface area contributed by atoms with Crippen molar-refractivity contribution in [2.75, 3.05) is 53.5 Å². The molecule has 364 valence electrons. The summed E-state index contributed by atoms with van der Waals surface area (Å²) in [6, 6.07) is 18.8. The second kappa shape index (κ2) is 22.8. The summed E-state index contributed by atoms with van der Waals surface area (Å²) in [5.41, 5.74) is 15.0. The number of halogens is 3. The molecule has 4 aliphatic heterocycles. The average molecular weight is 994 g/mol. The minimum absolute atomic E-state index is 0. The first-order valence-electron chi connectivity index (χ1n) is 22.0. The number of ether oxygens (including phenoxy) is 2. The molecule has 2 saturated heterocycles. The molecule has 4 amide bonds. The molecule has 6 heterocycles. The number of benzene rings is 2. The lowest BCUT2D eigenvalue weighted by molar-refractivity contribution is -0.605. The summed E-state index contributed by atoms with van der Waals surface area (Å²) in [7, 11) is 11.3. The summed E-state index contributed by atoms with van der Waals surface area (Å²) in [6.45, 7) is 10.6. The van der Waals surface area contributed by atoms with Crippen LogP contribution in [0.3, 0.4) is 0 Å². The van der Waals surface area contributed by atoms with Gasteiger partial charge < -0.3 is 35.9 Å². The van der Waals surface area contributed by atoms with E-state index in [1.807, 2.05) is 71.3 Å². The summed E-state index contributed by atoms with van der Waals surface area (Å²) in [6.07, 6.45) is 9.58. The van der Waals surface area contributed by atoms with E-state index in [0.717, 1.165) is 47.9 Å². The van der Waals surface area contributed by atoms with Crippen LogP contribution in [0.1, 0.15) is 64.5 Å². The zero-order chi connectivity index (χ0) is 48.6. The first-order valence-corrected chi connectivity index (χ1v) is 23.2. The molecule has 2 aromatic heterocycles. The first-order chi connectivity index (χ1) is 32.0. The quantitative estimate of drug-likeness (QED) is 0.144. The summed E-state index contributed by atoms with van der Waals surface area (Å²) >= 11 is 0. The van der Waals surface area contributed by atoms with E-state index < -0.39 is 11.1 Å². The number of methoxy groups -OCH3 is 2. The van der Waals surface area contributed by atoms with Gasteiger partial charge >= 0.3 is 0 Å². The van der Waals surface area contributed by atoms with Crippen molar-refractivity contribution in [3.63, 3.8) is 0 Å². The topological polar surface area (TPSA) is 216 Å². The van der Waals surface area contributed by atoms with Gasteiger partial charge in [0.25, 0.3) is 11.8 Å². The largest absolute Gasteiger partial charge is 0.619 e. The van der Waals surface area contributed by atoms with Crippen molar-refractivity contribution in [1.82, 2.24) is 24.6 Å². The maximum absolute atomic E-state index is 13.5. The van der Waals surface area contributed by atoms with Crippen LogP contribution in [-0.2, 0) is 30.3 Å². The van der Waals surface area contributed by atoms with Crippen LogP contribution in [0.15, 0.2) is 95.4 Å². The van der Waals surface area contributed by atoms with Crippen molar-refractivity contribution in [1.29, 1.82) is 0 Å². The molecule has 4 aliphatic rings. The molecule has 2 aromatic carbocycles. The number of carbonyl (C=O) groups is 4. The molecule has 0 spiro atoms. The molecule has 0 bridgehead atoms. The van der Waals surface area contributed by atoms with Crippen LogP contribution in [0.2, 0.25) is 0 Å². The van der Waals surface area contributed by atoms with Crippen molar-refractivity contribution in [2.45, 2.75) is 64.5 Å². The number of rotatable bonds is 10. The highest BCUT2D eigenvalue weighted by atomic mass is 36.5. The molecule has 4 N–H and O–H groups in total. The van der Waals surface area contributed by atoms with E-state index in [4.69, 9.17) is 20.9 Å². The molecule has 0 saturated carbocycles. The predicted molar refractivity (Wildman–Crippen MR) is 264 cm³/mol. The third kappa shape index (κ3) is 11.6. The Morgan fingerprint density at radius 1 is 0.691 bits per heavy atom. The van der Waals surface area contributed by atoms with E-state index >= 15 is 0 Å². The number of carbonyl (C=O) groups excluding carboxylic acids is 4. The number of aromatic nitrogens is 2. The molecule has 17 nitrogen and oxygen atoms in total. The van der Waals surface area contributed by atoms with E-state index in [2.05, 4.69) is 36.7 Å². The molecule has 4 aromatic rings. The number of hydrogen-bond donors (Lipinski definition) is 2. The smallest absolute Gasteiger partial charge is 0.261 e. The van der Waals surface area contributed by atoms with Gasteiger partial charge in [0, 0.05) is 92.7 Å². The molecule has 20 heteroatoms. The van der Waals surface area contributed by atoms with Gasteiger partial charge in [0.15, 0.2) is 34.9 Å². The van der Waals surface area contributed by atoms with Gasteiger partial charge in [0.05, 0.1) is 26.0 Å². The van der Waals surface area contributed by atoms with Gasteiger partial charge in [0.1, 0.15) is 5.75 Å². The summed E-state index contributed by atoms with van der Waals surface area (Å²) in [4.78, 5) is 70.3.